The van der Waals surface area contributed by atoms with Gasteiger partial charge in [0.15, 0.2) is 0 Å². The van der Waals surface area contributed by atoms with Crippen LogP contribution in [0.4, 0.5) is 4.79 Å². The van der Waals surface area contributed by atoms with E-state index in [1.54, 1.807) is 12.0 Å². The maximum absolute atomic E-state index is 11.9. The topological polar surface area (TPSA) is 78.9 Å². The minimum atomic E-state index is -0.742. The minimum absolute atomic E-state index is 0.0112. The van der Waals surface area contributed by atoms with Crippen LogP contribution in [0.5, 0.6) is 0 Å². The second-order valence-electron chi connectivity index (χ2n) is 5.10. The Labute approximate surface area is 114 Å². The number of amides is 2. The highest BCUT2D eigenvalue weighted by Gasteiger charge is 2.23. The molecule has 1 atom stereocenters. The molecule has 1 saturated heterocycles. The predicted octanol–water partition coefficient (Wildman–Crippen LogP) is 1.31. The van der Waals surface area contributed by atoms with Gasteiger partial charge >= 0.3 is 12.0 Å². The van der Waals surface area contributed by atoms with E-state index in [9.17, 15) is 9.59 Å². The van der Waals surface area contributed by atoms with Crippen LogP contribution in [0, 0.1) is 5.92 Å². The molecule has 1 fully saturated rings. The second kappa shape index (κ2) is 7.99. The summed E-state index contributed by atoms with van der Waals surface area (Å²) < 4.78 is 5.07. The zero-order valence-electron chi connectivity index (χ0n) is 11.7. The molecule has 0 aromatic rings. The summed E-state index contributed by atoms with van der Waals surface area (Å²) in [4.78, 5) is 24.2. The normalized spacial score (nSPS) is 18.1. The van der Waals surface area contributed by atoms with Crippen molar-refractivity contribution in [1.82, 2.24) is 10.2 Å². The molecule has 0 saturated carbocycles. The molecule has 0 radical (unpaired) electrons. The maximum Gasteiger partial charge on any atom is 0.317 e. The molecule has 6 heteroatoms. The molecule has 2 N–H and O–H groups in total. The van der Waals surface area contributed by atoms with E-state index < -0.39 is 5.97 Å². The standard InChI is InChI=1S/C13H24N2O4/c1-10(19-2)9-14-13(18)15-7-5-11(6-8-15)3-4-12(16)17/h10-11H,3-9H2,1-2H3,(H,14,18)(H,16,17). The van der Waals surface area contributed by atoms with E-state index in [0.29, 0.717) is 32.0 Å². The van der Waals surface area contributed by atoms with Gasteiger partial charge in [0.05, 0.1) is 6.10 Å². The van der Waals surface area contributed by atoms with Gasteiger partial charge in [0.2, 0.25) is 0 Å². The first kappa shape index (κ1) is 15.8. The van der Waals surface area contributed by atoms with E-state index in [0.717, 1.165) is 12.8 Å². The number of rotatable bonds is 6. The number of carbonyl (C=O) groups is 2. The SMILES string of the molecule is COC(C)CNC(=O)N1CCC(CCC(=O)O)CC1. The zero-order chi connectivity index (χ0) is 14.3. The summed E-state index contributed by atoms with van der Waals surface area (Å²) in [6.07, 6.45) is 2.73. The fraction of sp³-hybridized carbons (Fsp3) is 0.846. The lowest BCUT2D eigenvalue weighted by Crippen LogP contribution is -2.46. The highest BCUT2D eigenvalue weighted by Crippen LogP contribution is 2.21. The van der Waals surface area contributed by atoms with Gasteiger partial charge in [-0.3, -0.25) is 4.79 Å². The lowest BCUT2D eigenvalue weighted by Gasteiger charge is -2.32. The van der Waals surface area contributed by atoms with Crippen LogP contribution < -0.4 is 5.32 Å². The van der Waals surface area contributed by atoms with Crippen LogP contribution in [0.3, 0.4) is 0 Å². The Bertz CT molecular complexity index is 301. The molecule has 1 heterocycles. The number of urea groups is 1. The van der Waals surface area contributed by atoms with Gasteiger partial charge in [0.25, 0.3) is 0 Å². The summed E-state index contributed by atoms with van der Waals surface area (Å²) in [7, 11) is 1.62. The van der Waals surface area contributed by atoms with Crippen molar-refractivity contribution in [3.63, 3.8) is 0 Å². The van der Waals surface area contributed by atoms with Crippen LogP contribution in [-0.4, -0.2) is 54.9 Å². The van der Waals surface area contributed by atoms with Gasteiger partial charge in [-0.15, -0.1) is 0 Å². The molecular weight excluding hydrogens is 248 g/mol. The van der Waals surface area contributed by atoms with E-state index in [-0.39, 0.29) is 18.6 Å². The van der Waals surface area contributed by atoms with Crippen LogP contribution in [0.1, 0.15) is 32.6 Å². The summed E-state index contributed by atoms with van der Waals surface area (Å²) in [5.41, 5.74) is 0. The third kappa shape index (κ3) is 5.92. The van der Waals surface area contributed by atoms with Crippen molar-refractivity contribution in [3.05, 3.63) is 0 Å². The van der Waals surface area contributed by atoms with Crippen molar-refractivity contribution in [3.8, 4) is 0 Å². The lowest BCUT2D eigenvalue weighted by atomic mass is 9.92. The number of piperidine rings is 1. The average molecular weight is 272 g/mol. The molecule has 0 spiro atoms. The fourth-order valence-corrected chi connectivity index (χ4v) is 2.18. The van der Waals surface area contributed by atoms with Crippen molar-refractivity contribution in [2.24, 2.45) is 5.92 Å². The molecule has 0 bridgehead atoms. The van der Waals surface area contributed by atoms with Gasteiger partial charge in [-0.1, -0.05) is 0 Å². The molecule has 1 aliphatic heterocycles. The highest BCUT2D eigenvalue weighted by atomic mass is 16.5. The maximum atomic E-state index is 11.9. The summed E-state index contributed by atoms with van der Waals surface area (Å²) >= 11 is 0. The second-order valence-corrected chi connectivity index (χ2v) is 5.10. The number of ether oxygens (including phenoxy) is 1. The summed E-state index contributed by atoms with van der Waals surface area (Å²) in [5, 5.41) is 11.5. The number of carbonyl (C=O) groups excluding carboxylic acids is 1. The summed E-state index contributed by atoms with van der Waals surface area (Å²) in [6.45, 7) is 3.82. The Hall–Kier alpha value is -1.30. The van der Waals surface area contributed by atoms with E-state index in [2.05, 4.69) is 5.32 Å². The van der Waals surface area contributed by atoms with E-state index >= 15 is 0 Å². The molecule has 1 unspecified atom stereocenters. The quantitative estimate of drug-likeness (QED) is 0.764. The Morgan fingerprint density at radius 3 is 2.58 bits per heavy atom. The van der Waals surface area contributed by atoms with E-state index in [1.807, 2.05) is 6.92 Å². The van der Waals surface area contributed by atoms with Crippen molar-refractivity contribution < 1.29 is 19.4 Å². The molecule has 19 heavy (non-hydrogen) atoms. The number of nitrogens with one attached hydrogen (secondary N) is 1. The first-order valence-corrected chi connectivity index (χ1v) is 6.80. The van der Waals surface area contributed by atoms with Gasteiger partial charge in [-0.05, 0) is 32.1 Å². The van der Waals surface area contributed by atoms with Gasteiger partial charge in [-0.25, -0.2) is 4.79 Å². The van der Waals surface area contributed by atoms with Crippen molar-refractivity contribution in [1.29, 1.82) is 0 Å². The van der Waals surface area contributed by atoms with Crippen molar-refractivity contribution >= 4 is 12.0 Å². The first-order chi connectivity index (χ1) is 9.02. The van der Waals surface area contributed by atoms with Crippen LogP contribution in [0.25, 0.3) is 0 Å². The molecule has 2 amide bonds. The molecule has 0 aliphatic carbocycles. The molecule has 1 rings (SSSR count). The number of likely N-dealkylation sites (tertiary alicyclic amines) is 1. The first-order valence-electron chi connectivity index (χ1n) is 6.80. The van der Waals surface area contributed by atoms with E-state index in [4.69, 9.17) is 9.84 Å². The average Bonchev–Trinajstić information content (AvgIpc) is 2.42. The van der Waals surface area contributed by atoms with Crippen molar-refractivity contribution in [2.75, 3.05) is 26.7 Å². The van der Waals surface area contributed by atoms with Crippen LogP contribution in [0.15, 0.2) is 0 Å². The molecule has 6 nitrogen and oxygen atoms in total. The third-order valence-corrected chi connectivity index (χ3v) is 3.61. The van der Waals surface area contributed by atoms with Gasteiger partial charge < -0.3 is 20.1 Å². The van der Waals surface area contributed by atoms with Gasteiger partial charge in [0, 0.05) is 33.2 Å². The number of hydrogen-bond donors (Lipinski definition) is 2. The predicted molar refractivity (Wildman–Crippen MR) is 71.0 cm³/mol. The van der Waals surface area contributed by atoms with Crippen LogP contribution in [-0.2, 0) is 9.53 Å². The van der Waals surface area contributed by atoms with E-state index in [1.165, 1.54) is 0 Å². The fourth-order valence-electron chi connectivity index (χ4n) is 2.18. The summed E-state index contributed by atoms with van der Waals surface area (Å²) in [6, 6.07) is -0.0550. The molecule has 0 aromatic carbocycles. The Kier molecular flexibility index (Phi) is 6.62. The largest absolute Gasteiger partial charge is 0.481 e. The summed E-state index contributed by atoms with van der Waals surface area (Å²) in [5.74, 6) is -0.313. The number of methoxy groups -OCH3 is 1. The smallest absolute Gasteiger partial charge is 0.317 e. The Balaban J connectivity index is 2.21. The number of nitrogens with zero attached hydrogens (tertiary/aromatic N) is 1. The van der Waals surface area contributed by atoms with Gasteiger partial charge in [0.1, 0.15) is 0 Å². The minimum Gasteiger partial charge on any atom is -0.481 e. The van der Waals surface area contributed by atoms with Crippen LogP contribution >= 0.6 is 0 Å². The monoisotopic (exact) mass is 272 g/mol. The molecule has 1 aliphatic rings. The Morgan fingerprint density at radius 1 is 1.42 bits per heavy atom. The van der Waals surface area contributed by atoms with Gasteiger partial charge in [-0.2, -0.15) is 0 Å². The zero-order valence-corrected chi connectivity index (χ0v) is 11.7. The highest BCUT2D eigenvalue weighted by molar-refractivity contribution is 5.74. The third-order valence-electron chi connectivity index (χ3n) is 3.61. The molecular formula is C13H24N2O4. The molecule has 0 aromatic heterocycles. The van der Waals surface area contributed by atoms with Crippen LogP contribution in [0.2, 0.25) is 0 Å². The number of hydrogen-bond acceptors (Lipinski definition) is 3. The number of aliphatic carboxylic acids is 1. The molecule has 110 valence electrons. The van der Waals surface area contributed by atoms with Crippen molar-refractivity contribution in [2.45, 2.75) is 38.7 Å². The number of carboxylic acid groups (broad SMARTS) is 1. The Morgan fingerprint density at radius 2 is 2.05 bits per heavy atom. The number of carboxylic acids is 1. The lowest BCUT2D eigenvalue weighted by molar-refractivity contribution is -0.137.